The summed E-state index contributed by atoms with van der Waals surface area (Å²) in [6.07, 6.45) is 3.40. The minimum absolute atomic E-state index is 0.00292. The van der Waals surface area contributed by atoms with E-state index in [4.69, 9.17) is 4.74 Å². The zero-order valence-corrected chi connectivity index (χ0v) is 19.9. The standard InChI is InChI=1S/C27H34FN3O3/c1-21-7-5-12-30(21)13-6-18-34-23-10-11-24(25(28)19-23)26(32)20-29-14-16-31(17-15-29)27(33)22-8-3-2-4-9-22/h2-4,8-11,19,21H,5-7,12-18,20H2,1H3/t21-/m1/s1. The molecule has 0 aromatic heterocycles. The van der Waals surface area contributed by atoms with Crippen LogP contribution in [0.4, 0.5) is 4.39 Å². The fourth-order valence-electron chi connectivity index (χ4n) is 4.75. The molecule has 34 heavy (non-hydrogen) atoms. The van der Waals surface area contributed by atoms with Crippen LogP contribution in [0.2, 0.25) is 0 Å². The van der Waals surface area contributed by atoms with Gasteiger partial charge in [0.25, 0.3) is 5.91 Å². The van der Waals surface area contributed by atoms with E-state index in [2.05, 4.69) is 11.8 Å². The van der Waals surface area contributed by atoms with E-state index >= 15 is 0 Å². The number of ketones is 1. The smallest absolute Gasteiger partial charge is 0.253 e. The van der Waals surface area contributed by atoms with Crippen LogP contribution in [-0.2, 0) is 0 Å². The average molecular weight is 468 g/mol. The highest BCUT2D eigenvalue weighted by atomic mass is 19.1. The van der Waals surface area contributed by atoms with Crippen molar-refractivity contribution < 1.29 is 18.7 Å². The van der Waals surface area contributed by atoms with Gasteiger partial charge in [-0.25, -0.2) is 4.39 Å². The van der Waals surface area contributed by atoms with Crippen LogP contribution < -0.4 is 4.74 Å². The number of hydrogen-bond donors (Lipinski definition) is 0. The zero-order chi connectivity index (χ0) is 23.9. The largest absolute Gasteiger partial charge is 0.493 e. The second-order valence-corrected chi connectivity index (χ2v) is 9.23. The first-order valence-electron chi connectivity index (χ1n) is 12.3. The molecule has 2 aromatic carbocycles. The molecule has 2 aliphatic rings. The Hall–Kier alpha value is -2.77. The Kier molecular flexibility index (Phi) is 8.29. The van der Waals surface area contributed by atoms with Gasteiger partial charge in [0, 0.05) is 50.4 Å². The van der Waals surface area contributed by atoms with Gasteiger partial charge in [-0.15, -0.1) is 0 Å². The number of ether oxygens (including phenoxy) is 1. The summed E-state index contributed by atoms with van der Waals surface area (Å²) in [6, 6.07) is 14.3. The van der Waals surface area contributed by atoms with Crippen LogP contribution in [0.1, 0.15) is 46.9 Å². The molecule has 0 bridgehead atoms. The van der Waals surface area contributed by atoms with Gasteiger partial charge in [0.15, 0.2) is 5.78 Å². The summed E-state index contributed by atoms with van der Waals surface area (Å²) in [5, 5.41) is 0. The van der Waals surface area contributed by atoms with Crippen LogP contribution in [0.25, 0.3) is 0 Å². The van der Waals surface area contributed by atoms with Gasteiger partial charge in [-0.1, -0.05) is 18.2 Å². The minimum Gasteiger partial charge on any atom is -0.493 e. The predicted molar refractivity (Wildman–Crippen MR) is 130 cm³/mol. The van der Waals surface area contributed by atoms with Gasteiger partial charge in [0.05, 0.1) is 18.7 Å². The Bertz CT molecular complexity index is 976. The van der Waals surface area contributed by atoms with E-state index in [0.717, 1.165) is 19.5 Å². The maximum absolute atomic E-state index is 14.6. The first-order valence-corrected chi connectivity index (χ1v) is 12.3. The number of amides is 1. The first kappa shape index (κ1) is 24.4. The molecule has 1 amide bonds. The second-order valence-electron chi connectivity index (χ2n) is 9.23. The third kappa shape index (κ3) is 6.21. The topological polar surface area (TPSA) is 53.1 Å². The van der Waals surface area contributed by atoms with E-state index in [9.17, 15) is 14.0 Å². The Morgan fingerprint density at radius 2 is 1.79 bits per heavy atom. The monoisotopic (exact) mass is 467 g/mol. The number of nitrogens with zero attached hydrogens (tertiary/aromatic N) is 3. The summed E-state index contributed by atoms with van der Waals surface area (Å²) in [7, 11) is 0. The van der Waals surface area contributed by atoms with Crippen molar-refractivity contribution >= 4 is 11.7 Å². The number of carbonyl (C=O) groups is 2. The Morgan fingerprint density at radius 3 is 2.47 bits per heavy atom. The molecular formula is C27H34FN3O3. The molecule has 2 saturated heterocycles. The van der Waals surface area contributed by atoms with E-state index in [1.54, 1.807) is 11.0 Å². The van der Waals surface area contributed by atoms with Crippen molar-refractivity contribution in [2.45, 2.75) is 32.2 Å². The van der Waals surface area contributed by atoms with Gasteiger partial charge in [-0.05, 0) is 57.0 Å². The molecule has 0 saturated carbocycles. The maximum atomic E-state index is 14.6. The van der Waals surface area contributed by atoms with Gasteiger partial charge >= 0.3 is 0 Å². The summed E-state index contributed by atoms with van der Waals surface area (Å²) in [4.78, 5) is 31.5. The molecule has 2 aliphatic heterocycles. The fourth-order valence-corrected chi connectivity index (χ4v) is 4.75. The Balaban J connectivity index is 1.21. The molecule has 182 valence electrons. The molecule has 7 heteroatoms. The van der Waals surface area contributed by atoms with E-state index in [1.807, 2.05) is 35.2 Å². The SMILES string of the molecule is C[C@@H]1CCCN1CCCOc1ccc(C(=O)CN2CCN(C(=O)c3ccccc3)CC2)c(F)c1. The highest BCUT2D eigenvalue weighted by Crippen LogP contribution is 2.19. The molecule has 1 atom stereocenters. The molecule has 6 nitrogen and oxygen atoms in total. The quantitative estimate of drug-likeness (QED) is 0.416. The van der Waals surface area contributed by atoms with E-state index in [-0.39, 0.29) is 23.8 Å². The Morgan fingerprint density at radius 1 is 1.03 bits per heavy atom. The van der Waals surface area contributed by atoms with Crippen LogP contribution in [0.3, 0.4) is 0 Å². The lowest BCUT2D eigenvalue weighted by molar-refractivity contribution is 0.0624. The summed E-state index contributed by atoms with van der Waals surface area (Å²) >= 11 is 0. The lowest BCUT2D eigenvalue weighted by Gasteiger charge is -2.34. The molecule has 2 aromatic rings. The van der Waals surface area contributed by atoms with E-state index in [1.165, 1.54) is 25.0 Å². The maximum Gasteiger partial charge on any atom is 0.253 e. The Labute approximate surface area is 201 Å². The average Bonchev–Trinajstić information content (AvgIpc) is 3.27. The summed E-state index contributed by atoms with van der Waals surface area (Å²) < 4.78 is 20.3. The summed E-state index contributed by atoms with van der Waals surface area (Å²) in [5.74, 6) is -0.344. The van der Waals surface area contributed by atoms with E-state index in [0.29, 0.717) is 50.1 Å². The van der Waals surface area contributed by atoms with Crippen LogP contribution in [0, 0.1) is 5.82 Å². The van der Waals surface area contributed by atoms with Gasteiger partial charge in [0.1, 0.15) is 11.6 Å². The van der Waals surface area contributed by atoms with Gasteiger partial charge < -0.3 is 14.5 Å². The van der Waals surface area contributed by atoms with Crippen molar-refractivity contribution in [1.29, 1.82) is 0 Å². The van der Waals surface area contributed by atoms with Crippen molar-refractivity contribution in [1.82, 2.24) is 14.7 Å². The van der Waals surface area contributed by atoms with E-state index < -0.39 is 5.82 Å². The molecule has 0 aliphatic carbocycles. The van der Waals surface area contributed by atoms with Crippen molar-refractivity contribution in [3.05, 3.63) is 65.5 Å². The van der Waals surface area contributed by atoms with Crippen LogP contribution >= 0.6 is 0 Å². The molecule has 0 unspecified atom stereocenters. The lowest BCUT2D eigenvalue weighted by atomic mass is 10.1. The molecule has 4 rings (SSSR count). The van der Waals surface area contributed by atoms with Crippen LogP contribution in [0.5, 0.6) is 5.75 Å². The highest BCUT2D eigenvalue weighted by molar-refractivity contribution is 5.98. The number of halogens is 1. The third-order valence-corrected chi connectivity index (χ3v) is 6.84. The molecule has 2 heterocycles. The highest BCUT2D eigenvalue weighted by Gasteiger charge is 2.24. The molecule has 0 N–H and O–H groups in total. The van der Waals surface area contributed by atoms with Crippen molar-refractivity contribution in [3.63, 3.8) is 0 Å². The molecule has 0 radical (unpaired) electrons. The van der Waals surface area contributed by atoms with Crippen molar-refractivity contribution in [2.24, 2.45) is 0 Å². The van der Waals surface area contributed by atoms with Gasteiger partial charge in [-0.2, -0.15) is 0 Å². The predicted octanol–water partition coefficient (Wildman–Crippen LogP) is 3.72. The molecule has 0 spiro atoms. The van der Waals surface area contributed by atoms with Crippen LogP contribution in [0.15, 0.2) is 48.5 Å². The summed E-state index contributed by atoms with van der Waals surface area (Å²) in [5.41, 5.74) is 0.753. The van der Waals surface area contributed by atoms with Gasteiger partial charge in [-0.3, -0.25) is 14.5 Å². The number of benzene rings is 2. The molecule has 2 fully saturated rings. The number of rotatable bonds is 9. The number of Topliss-reactive ketones (excluding diaryl/α,β-unsaturated/α-hetero) is 1. The van der Waals surface area contributed by atoms with Gasteiger partial charge in [0.2, 0.25) is 0 Å². The minimum atomic E-state index is -0.548. The van der Waals surface area contributed by atoms with Crippen molar-refractivity contribution in [2.75, 3.05) is 52.4 Å². The number of piperazine rings is 1. The molecular weight excluding hydrogens is 433 g/mol. The van der Waals surface area contributed by atoms with Crippen LogP contribution in [-0.4, -0.2) is 84.9 Å². The summed E-state index contributed by atoms with van der Waals surface area (Å²) in [6.45, 7) is 7.32. The number of likely N-dealkylation sites (tertiary alicyclic amines) is 1. The zero-order valence-electron chi connectivity index (χ0n) is 19.9. The lowest BCUT2D eigenvalue weighted by Crippen LogP contribution is -2.49. The number of hydrogen-bond acceptors (Lipinski definition) is 5. The normalized spacial score (nSPS) is 19.4. The van der Waals surface area contributed by atoms with Crippen molar-refractivity contribution in [3.8, 4) is 5.75 Å². The second kappa shape index (κ2) is 11.6. The third-order valence-electron chi connectivity index (χ3n) is 6.84. The number of carbonyl (C=O) groups excluding carboxylic acids is 2. The fraction of sp³-hybridized carbons (Fsp3) is 0.481. The first-order chi connectivity index (χ1) is 16.5.